The first-order valence-corrected chi connectivity index (χ1v) is 25.9. The van der Waals surface area contributed by atoms with E-state index in [9.17, 15) is 16.8 Å². The molecule has 2 aliphatic carbocycles. The van der Waals surface area contributed by atoms with Crippen molar-refractivity contribution in [3.05, 3.63) is 89.4 Å². The Balaban J connectivity index is 0.000000138. The fourth-order valence-corrected chi connectivity index (χ4v) is 12.5. The van der Waals surface area contributed by atoms with E-state index in [2.05, 4.69) is 56.1 Å². The van der Waals surface area contributed by atoms with Crippen molar-refractivity contribution in [1.29, 1.82) is 0 Å². The molecule has 10 rings (SSSR count). The van der Waals surface area contributed by atoms with Gasteiger partial charge in [-0.25, -0.2) is 0 Å². The zero-order chi connectivity index (χ0) is 43.6. The molecule has 332 valence electrons. The summed E-state index contributed by atoms with van der Waals surface area (Å²) in [5, 5.41) is 18.2. The third kappa shape index (κ3) is 9.45. The molecule has 4 aromatic carbocycles. The van der Waals surface area contributed by atoms with Gasteiger partial charge in [0.05, 0.1) is 22.7 Å². The number of anilines is 6. The van der Waals surface area contributed by atoms with Crippen molar-refractivity contribution in [3.63, 3.8) is 0 Å². The molecule has 0 amide bonds. The SMILES string of the molecule is CN1c2cc(-c3cccc(N4CCCCC4)c3)ccc2N(CC2CCC2)S1(=O)=O.CN1c2cc(Br)ccc2N(CC2CCC2)S1(=O)=O.OB(O)c1cccc(N2CCCCC2)c1. The maximum atomic E-state index is 13.0. The van der Waals surface area contributed by atoms with Crippen LogP contribution in [0.15, 0.2) is 89.4 Å². The van der Waals surface area contributed by atoms with E-state index in [4.69, 9.17) is 10.0 Å². The van der Waals surface area contributed by atoms with E-state index in [1.54, 1.807) is 28.8 Å². The lowest BCUT2D eigenvalue weighted by Gasteiger charge is -2.30. The maximum Gasteiger partial charge on any atom is 0.488 e. The lowest BCUT2D eigenvalue weighted by atomic mass is 9.80. The van der Waals surface area contributed by atoms with E-state index in [1.807, 2.05) is 48.5 Å². The van der Waals surface area contributed by atoms with Gasteiger partial charge in [0.15, 0.2) is 0 Å². The van der Waals surface area contributed by atoms with Crippen LogP contribution in [0.4, 0.5) is 34.1 Å². The van der Waals surface area contributed by atoms with Crippen LogP contribution in [0.1, 0.15) is 77.0 Å². The first kappa shape index (κ1) is 44.6. The number of piperidine rings is 2. The summed E-state index contributed by atoms with van der Waals surface area (Å²) in [4.78, 5) is 4.76. The molecule has 0 atom stereocenters. The highest BCUT2D eigenvalue weighted by molar-refractivity contribution is 9.10. The number of benzene rings is 4. The molecule has 0 spiro atoms. The highest BCUT2D eigenvalue weighted by Gasteiger charge is 2.41. The molecule has 0 aromatic heterocycles. The molecule has 12 nitrogen and oxygen atoms in total. The van der Waals surface area contributed by atoms with Crippen molar-refractivity contribution in [2.45, 2.75) is 77.0 Å². The molecule has 4 aliphatic heterocycles. The minimum absolute atomic E-state index is 0.491. The Bertz CT molecular complexity index is 2420. The number of halogens is 1. The van der Waals surface area contributed by atoms with E-state index >= 15 is 0 Å². The molecule has 62 heavy (non-hydrogen) atoms. The van der Waals surface area contributed by atoms with Gasteiger partial charge in [-0.3, -0.25) is 17.2 Å². The summed E-state index contributed by atoms with van der Waals surface area (Å²) < 4.78 is 57.6. The molecule has 0 unspecified atom stereocenters. The van der Waals surface area contributed by atoms with Crippen LogP contribution in [0.2, 0.25) is 0 Å². The second-order valence-electron chi connectivity index (χ2n) is 17.6. The van der Waals surface area contributed by atoms with Crippen LogP contribution in [-0.4, -0.2) is 87.4 Å². The average molecular weight is 948 g/mol. The quantitative estimate of drug-likeness (QED) is 0.172. The summed E-state index contributed by atoms with van der Waals surface area (Å²) >= 11 is 3.39. The van der Waals surface area contributed by atoms with Gasteiger partial charge >= 0.3 is 27.5 Å². The van der Waals surface area contributed by atoms with Crippen molar-refractivity contribution < 1.29 is 26.9 Å². The summed E-state index contributed by atoms with van der Waals surface area (Å²) in [5.74, 6) is 1.01. The topological polar surface area (TPSA) is 128 Å². The number of rotatable bonds is 8. The van der Waals surface area contributed by atoms with Gasteiger partial charge in [-0.05, 0) is 147 Å². The Morgan fingerprint density at radius 3 is 1.52 bits per heavy atom. The Kier molecular flexibility index (Phi) is 13.7. The summed E-state index contributed by atoms with van der Waals surface area (Å²) in [6.45, 7) is 5.59. The van der Waals surface area contributed by atoms with E-state index in [1.165, 1.54) is 65.7 Å². The highest BCUT2D eigenvalue weighted by Crippen LogP contribution is 2.45. The van der Waals surface area contributed by atoms with Crippen LogP contribution in [0.25, 0.3) is 11.1 Å². The lowest BCUT2D eigenvalue weighted by Crippen LogP contribution is -2.39. The Hall–Kier alpha value is -3.96. The monoisotopic (exact) mass is 946 g/mol. The zero-order valence-corrected chi connectivity index (χ0v) is 39.2. The number of fused-ring (bicyclic) bond motifs is 2. The number of hydrogen-bond donors (Lipinski definition) is 2. The normalized spacial score (nSPS) is 20.3. The van der Waals surface area contributed by atoms with E-state index in [-0.39, 0.29) is 0 Å². The summed E-state index contributed by atoms with van der Waals surface area (Å²) in [6.07, 6.45) is 14.6. The van der Waals surface area contributed by atoms with Crippen LogP contribution in [0.3, 0.4) is 0 Å². The molecule has 2 saturated heterocycles. The van der Waals surface area contributed by atoms with Gasteiger partial charge in [0, 0.05) is 69.2 Å². The van der Waals surface area contributed by atoms with Gasteiger partial charge < -0.3 is 19.8 Å². The van der Waals surface area contributed by atoms with Crippen molar-refractivity contribution in [2.75, 3.05) is 80.4 Å². The third-order valence-electron chi connectivity index (χ3n) is 13.5. The molecule has 2 N–H and O–H groups in total. The van der Waals surface area contributed by atoms with Crippen LogP contribution in [-0.2, 0) is 20.4 Å². The Morgan fingerprint density at radius 2 is 1.02 bits per heavy atom. The largest absolute Gasteiger partial charge is 0.488 e. The fourth-order valence-electron chi connectivity index (χ4n) is 9.19. The molecule has 16 heteroatoms. The lowest BCUT2D eigenvalue weighted by molar-refractivity contribution is 0.326. The standard InChI is InChI=1S/C23H29N3O2S.C12H15BrN2O2S.C11H16BNO2/c1-24-23-16-20(19-9-6-10-21(15-19)25-13-3-2-4-14-25)11-12-22(23)26(29(24,27)28)17-18-7-5-8-18;1-14-12-7-10(13)5-6-11(12)15(18(14,16)17)8-9-3-2-4-9;14-12(15)10-5-4-6-11(9-10)13-7-2-1-3-8-13/h6,9-12,15-16,18H,2-5,7-8,13-14,17H2,1H3;5-7,9H,2-4,8H2,1H3;4-6,9,14-15H,1-3,7-8H2. The second kappa shape index (κ2) is 19.0. The molecule has 4 aromatic rings. The molecular formula is C46H60BBrN6O6S2. The van der Waals surface area contributed by atoms with Crippen LogP contribution in [0.5, 0.6) is 0 Å². The van der Waals surface area contributed by atoms with Gasteiger partial charge in [-0.2, -0.15) is 16.8 Å². The molecule has 4 fully saturated rings. The predicted octanol–water partition coefficient (Wildman–Crippen LogP) is 7.75. The van der Waals surface area contributed by atoms with Crippen LogP contribution < -0.4 is 32.5 Å². The number of hydrogen-bond acceptors (Lipinski definition) is 8. The van der Waals surface area contributed by atoms with E-state index < -0.39 is 27.5 Å². The van der Waals surface area contributed by atoms with Crippen molar-refractivity contribution in [2.24, 2.45) is 11.8 Å². The Morgan fingerprint density at radius 1 is 0.548 bits per heavy atom. The van der Waals surface area contributed by atoms with Crippen molar-refractivity contribution >= 4 is 83.1 Å². The molecule has 4 heterocycles. The second-order valence-corrected chi connectivity index (χ2v) is 22.2. The fraction of sp³-hybridized carbons (Fsp3) is 0.478. The summed E-state index contributed by atoms with van der Waals surface area (Å²) in [6, 6.07) is 27.8. The third-order valence-corrected chi connectivity index (χ3v) is 17.5. The highest BCUT2D eigenvalue weighted by atomic mass is 79.9. The minimum atomic E-state index is -3.46. The molecular weight excluding hydrogens is 887 g/mol. The van der Waals surface area contributed by atoms with Crippen molar-refractivity contribution in [1.82, 2.24) is 0 Å². The first-order chi connectivity index (χ1) is 29.8. The van der Waals surface area contributed by atoms with E-state index in [0.29, 0.717) is 30.4 Å². The molecule has 0 radical (unpaired) electrons. The summed E-state index contributed by atoms with van der Waals surface area (Å²) in [5.41, 5.74) is 8.28. The molecule has 6 aliphatic rings. The van der Waals surface area contributed by atoms with Gasteiger partial charge in [-0.1, -0.05) is 59.1 Å². The van der Waals surface area contributed by atoms with Crippen molar-refractivity contribution in [3.8, 4) is 11.1 Å². The molecule has 0 bridgehead atoms. The Labute approximate surface area is 377 Å². The zero-order valence-electron chi connectivity index (χ0n) is 35.9. The van der Waals surface area contributed by atoms with E-state index in [0.717, 1.165) is 95.9 Å². The first-order valence-electron chi connectivity index (χ1n) is 22.3. The van der Waals surface area contributed by atoms with Gasteiger partial charge in [0.2, 0.25) is 0 Å². The average Bonchev–Trinajstić information content (AvgIpc) is 3.56. The number of nitrogens with zero attached hydrogens (tertiary/aromatic N) is 6. The summed E-state index contributed by atoms with van der Waals surface area (Å²) in [7, 11) is -4.91. The van der Waals surface area contributed by atoms with Crippen LogP contribution in [0, 0.1) is 11.8 Å². The van der Waals surface area contributed by atoms with Crippen LogP contribution >= 0.6 is 15.9 Å². The predicted molar refractivity (Wildman–Crippen MR) is 258 cm³/mol. The molecule has 2 saturated carbocycles. The maximum absolute atomic E-state index is 13.0. The van der Waals surface area contributed by atoms with Gasteiger partial charge in [0.1, 0.15) is 0 Å². The minimum Gasteiger partial charge on any atom is -0.423 e. The van der Waals surface area contributed by atoms with Gasteiger partial charge in [-0.15, -0.1) is 0 Å². The smallest absolute Gasteiger partial charge is 0.423 e. The van der Waals surface area contributed by atoms with Gasteiger partial charge in [0.25, 0.3) is 0 Å².